The molecule has 1 saturated carbocycles. The van der Waals surface area contributed by atoms with Crippen LogP contribution in [0.1, 0.15) is 60.3 Å². The van der Waals surface area contributed by atoms with E-state index in [1.807, 2.05) is 4.90 Å². The minimum Gasteiger partial charge on any atom is -0.337 e. The average Bonchev–Trinajstić information content (AvgIpc) is 3.12. The molecular weight excluding hydrogens is 312 g/mol. The third-order valence-corrected chi connectivity index (χ3v) is 5.56. The molecule has 4 rings (SSSR count). The molecule has 1 N–H and O–H groups in total. The minimum absolute atomic E-state index is 0.0557. The summed E-state index contributed by atoms with van der Waals surface area (Å²) in [5.74, 6) is 1.73. The minimum atomic E-state index is -0.0557. The molecule has 0 aromatic carbocycles. The number of thiophene rings is 1. The van der Waals surface area contributed by atoms with Crippen LogP contribution in [0.5, 0.6) is 0 Å². The van der Waals surface area contributed by atoms with Crippen molar-refractivity contribution >= 4 is 17.4 Å². The van der Waals surface area contributed by atoms with Crippen LogP contribution >= 0.6 is 11.3 Å². The Balaban J connectivity index is 1.40. The number of carbonyl (C=O) groups is 1. The molecule has 2 amide bonds. The standard InChI is InChI=1S/C16H20N4O2S/c1-2-12-11-6-8-23-13(11)5-7-20(12)16(21)17-9-14-18-15(19-22-14)10-3-4-10/h6,8,10,12H,2-5,7,9H2,1H3,(H,17,21). The zero-order valence-electron chi connectivity index (χ0n) is 13.1. The molecule has 2 aromatic heterocycles. The molecule has 1 aliphatic carbocycles. The molecule has 0 radical (unpaired) electrons. The van der Waals surface area contributed by atoms with Gasteiger partial charge in [-0.05, 0) is 42.7 Å². The zero-order valence-corrected chi connectivity index (χ0v) is 13.9. The molecule has 1 atom stereocenters. The van der Waals surface area contributed by atoms with Crippen molar-refractivity contribution in [2.24, 2.45) is 0 Å². The number of nitrogens with one attached hydrogen (secondary N) is 1. The van der Waals surface area contributed by atoms with E-state index in [-0.39, 0.29) is 12.1 Å². The van der Waals surface area contributed by atoms with Gasteiger partial charge in [0.25, 0.3) is 0 Å². The molecule has 6 nitrogen and oxygen atoms in total. The number of amides is 2. The van der Waals surface area contributed by atoms with Crippen molar-refractivity contribution in [1.82, 2.24) is 20.4 Å². The monoisotopic (exact) mass is 332 g/mol. The van der Waals surface area contributed by atoms with Crippen LogP contribution in [0.2, 0.25) is 0 Å². The normalized spacial score (nSPS) is 20.4. The van der Waals surface area contributed by atoms with Gasteiger partial charge in [0.05, 0.1) is 12.6 Å². The summed E-state index contributed by atoms with van der Waals surface area (Å²) >= 11 is 1.79. The first-order valence-electron chi connectivity index (χ1n) is 8.19. The van der Waals surface area contributed by atoms with Crippen molar-refractivity contribution in [3.8, 4) is 0 Å². The van der Waals surface area contributed by atoms with Gasteiger partial charge in [-0.25, -0.2) is 4.79 Å². The number of nitrogens with zero attached hydrogens (tertiary/aromatic N) is 3. The molecule has 0 saturated heterocycles. The Morgan fingerprint density at radius 1 is 1.52 bits per heavy atom. The summed E-state index contributed by atoms with van der Waals surface area (Å²) in [6.45, 7) is 3.18. The van der Waals surface area contributed by atoms with Crippen LogP contribution in [0.25, 0.3) is 0 Å². The lowest BCUT2D eigenvalue weighted by molar-refractivity contribution is 0.166. The van der Waals surface area contributed by atoms with Crippen molar-refractivity contribution in [2.45, 2.75) is 51.1 Å². The van der Waals surface area contributed by atoms with E-state index in [9.17, 15) is 4.79 Å². The van der Waals surface area contributed by atoms with Gasteiger partial charge in [0, 0.05) is 17.3 Å². The first kappa shape index (κ1) is 14.7. The fourth-order valence-electron chi connectivity index (χ4n) is 3.18. The van der Waals surface area contributed by atoms with Crippen LogP contribution < -0.4 is 5.32 Å². The molecule has 1 fully saturated rings. The Morgan fingerprint density at radius 3 is 3.17 bits per heavy atom. The lowest BCUT2D eigenvalue weighted by atomic mass is 9.98. The first-order valence-corrected chi connectivity index (χ1v) is 9.07. The molecule has 1 unspecified atom stereocenters. The van der Waals surface area contributed by atoms with Gasteiger partial charge in [-0.2, -0.15) is 4.98 Å². The number of rotatable bonds is 4. The van der Waals surface area contributed by atoms with E-state index in [0.717, 1.165) is 38.1 Å². The maximum atomic E-state index is 12.6. The molecule has 23 heavy (non-hydrogen) atoms. The highest BCUT2D eigenvalue weighted by Gasteiger charge is 2.31. The number of hydrogen-bond acceptors (Lipinski definition) is 5. The average molecular weight is 332 g/mol. The van der Waals surface area contributed by atoms with Crippen LogP contribution in [0.15, 0.2) is 16.0 Å². The summed E-state index contributed by atoms with van der Waals surface area (Å²) in [6.07, 6.45) is 4.13. The molecule has 0 bridgehead atoms. The van der Waals surface area contributed by atoms with Gasteiger partial charge in [0.15, 0.2) is 5.82 Å². The Labute approximate surface area is 138 Å². The summed E-state index contributed by atoms with van der Waals surface area (Å²) in [7, 11) is 0. The summed E-state index contributed by atoms with van der Waals surface area (Å²) < 4.78 is 5.21. The Kier molecular flexibility index (Phi) is 3.80. The fraction of sp³-hybridized carbons (Fsp3) is 0.562. The predicted octanol–water partition coefficient (Wildman–Crippen LogP) is 3.23. The van der Waals surface area contributed by atoms with Crippen molar-refractivity contribution in [3.63, 3.8) is 0 Å². The lowest BCUT2D eigenvalue weighted by Gasteiger charge is -2.35. The quantitative estimate of drug-likeness (QED) is 0.933. The topological polar surface area (TPSA) is 71.3 Å². The van der Waals surface area contributed by atoms with E-state index in [1.54, 1.807) is 11.3 Å². The van der Waals surface area contributed by atoms with Crippen LogP contribution in [-0.4, -0.2) is 27.6 Å². The van der Waals surface area contributed by atoms with Gasteiger partial charge in [-0.1, -0.05) is 12.1 Å². The lowest BCUT2D eigenvalue weighted by Crippen LogP contribution is -2.45. The Bertz CT molecular complexity index is 707. The van der Waals surface area contributed by atoms with Crippen LogP contribution in [0.4, 0.5) is 4.79 Å². The molecule has 0 spiro atoms. The van der Waals surface area contributed by atoms with Crippen molar-refractivity contribution in [1.29, 1.82) is 0 Å². The number of hydrogen-bond donors (Lipinski definition) is 1. The molecule has 2 aliphatic rings. The number of carbonyl (C=O) groups excluding carboxylic acids is 1. The smallest absolute Gasteiger partial charge is 0.318 e. The molecular formula is C16H20N4O2S. The summed E-state index contributed by atoms with van der Waals surface area (Å²) in [5, 5.41) is 9.01. The Morgan fingerprint density at radius 2 is 2.39 bits per heavy atom. The maximum absolute atomic E-state index is 12.6. The van der Waals surface area contributed by atoms with Gasteiger partial charge >= 0.3 is 6.03 Å². The SMILES string of the molecule is CCC1c2ccsc2CCN1C(=O)NCc1nc(C2CC2)no1. The van der Waals surface area contributed by atoms with E-state index in [1.165, 1.54) is 10.4 Å². The molecule has 3 heterocycles. The number of urea groups is 1. The molecule has 122 valence electrons. The van der Waals surface area contributed by atoms with E-state index >= 15 is 0 Å². The molecule has 1 aliphatic heterocycles. The third-order valence-electron chi connectivity index (χ3n) is 4.56. The van der Waals surface area contributed by atoms with Crippen molar-refractivity contribution in [3.05, 3.63) is 33.6 Å². The van der Waals surface area contributed by atoms with Crippen LogP contribution in [-0.2, 0) is 13.0 Å². The zero-order chi connectivity index (χ0) is 15.8. The second-order valence-electron chi connectivity index (χ2n) is 6.15. The van der Waals surface area contributed by atoms with Gasteiger partial charge < -0.3 is 14.7 Å². The Hall–Kier alpha value is -1.89. The summed E-state index contributed by atoms with van der Waals surface area (Å²) in [5.41, 5.74) is 1.30. The highest BCUT2D eigenvalue weighted by atomic mass is 32.1. The highest BCUT2D eigenvalue weighted by molar-refractivity contribution is 7.10. The number of aromatic nitrogens is 2. The fourth-order valence-corrected chi connectivity index (χ4v) is 4.11. The van der Waals surface area contributed by atoms with Gasteiger partial charge in [0.1, 0.15) is 0 Å². The maximum Gasteiger partial charge on any atom is 0.318 e. The van der Waals surface area contributed by atoms with E-state index in [2.05, 4.69) is 33.8 Å². The second-order valence-corrected chi connectivity index (χ2v) is 7.15. The van der Waals surface area contributed by atoms with E-state index in [4.69, 9.17) is 4.52 Å². The second kappa shape index (κ2) is 5.96. The van der Waals surface area contributed by atoms with Gasteiger partial charge in [-0.3, -0.25) is 0 Å². The van der Waals surface area contributed by atoms with Gasteiger partial charge in [0.2, 0.25) is 5.89 Å². The largest absolute Gasteiger partial charge is 0.337 e. The number of fused-ring (bicyclic) bond motifs is 1. The van der Waals surface area contributed by atoms with Crippen molar-refractivity contribution < 1.29 is 9.32 Å². The summed E-state index contributed by atoms with van der Waals surface area (Å²) in [4.78, 5) is 20.2. The van der Waals surface area contributed by atoms with Gasteiger partial charge in [-0.15, -0.1) is 11.3 Å². The van der Waals surface area contributed by atoms with Crippen LogP contribution in [0, 0.1) is 0 Å². The third kappa shape index (κ3) is 2.85. The first-order chi connectivity index (χ1) is 11.3. The van der Waals surface area contributed by atoms with Crippen LogP contribution in [0.3, 0.4) is 0 Å². The molecule has 7 heteroatoms. The van der Waals surface area contributed by atoms with Crippen molar-refractivity contribution in [2.75, 3.05) is 6.54 Å². The molecule has 2 aromatic rings. The predicted molar refractivity (Wildman–Crippen MR) is 86.3 cm³/mol. The van der Waals surface area contributed by atoms with E-state index in [0.29, 0.717) is 18.4 Å². The highest BCUT2D eigenvalue weighted by Crippen LogP contribution is 2.38. The summed E-state index contributed by atoms with van der Waals surface area (Å²) in [6, 6.07) is 2.25. The van der Waals surface area contributed by atoms with E-state index < -0.39 is 0 Å².